The summed E-state index contributed by atoms with van der Waals surface area (Å²) < 4.78 is 0. The second kappa shape index (κ2) is 5.88. The molecule has 2 aromatic carbocycles. The van der Waals surface area contributed by atoms with E-state index in [-0.39, 0.29) is 11.9 Å². The molecule has 0 aromatic heterocycles. The molecule has 0 radical (unpaired) electrons. The van der Waals surface area contributed by atoms with Gasteiger partial charge in [-0.15, -0.1) is 0 Å². The highest BCUT2D eigenvalue weighted by Gasteiger charge is 2.30. The summed E-state index contributed by atoms with van der Waals surface area (Å²) in [5.41, 5.74) is 2.36. The van der Waals surface area contributed by atoms with Crippen molar-refractivity contribution in [3.8, 4) is 0 Å². The Balaban J connectivity index is 1.62. The highest BCUT2D eigenvalue weighted by Crippen LogP contribution is 2.13. The van der Waals surface area contributed by atoms with Crippen LogP contribution in [0.15, 0.2) is 60.7 Å². The molecule has 0 unspecified atom stereocenters. The van der Waals surface area contributed by atoms with E-state index >= 15 is 0 Å². The minimum atomic E-state index is -0.0962. The van der Waals surface area contributed by atoms with Crippen LogP contribution in [-0.2, 0) is 17.8 Å². The molecular formula is C17H18N2O. The third-order valence-corrected chi connectivity index (χ3v) is 3.64. The Morgan fingerprint density at radius 1 is 0.950 bits per heavy atom. The molecule has 1 amide bonds. The molecule has 1 aliphatic rings. The SMILES string of the molecule is O=C1[C@H](Cc2ccccc2)NCN1Cc1ccccc1. The molecule has 1 heterocycles. The summed E-state index contributed by atoms with van der Waals surface area (Å²) in [6, 6.07) is 20.2. The fraction of sp³-hybridized carbons (Fsp3) is 0.235. The van der Waals surface area contributed by atoms with E-state index in [0.717, 1.165) is 6.42 Å². The average Bonchev–Trinajstić information content (AvgIpc) is 2.83. The summed E-state index contributed by atoms with van der Waals surface area (Å²) >= 11 is 0. The first kappa shape index (κ1) is 12.9. The molecule has 20 heavy (non-hydrogen) atoms. The molecule has 1 saturated heterocycles. The number of amides is 1. The van der Waals surface area contributed by atoms with Gasteiger partial charge in [-0.2, -0.15) is 0 Å². The molecule has 3 rings (SSSR count). The van der Waals surface area contributed by atoms with Crippen LogP contribution in [0.2, 0.25) is 0 Å². The van der Waals surface area contributed by atoms with Gasteiger partial charge < -0.3 is 4.90 Å². The predicted molar refractivity (Wildman–Crippen MR) is 78.9 cm³/mol. The summed E-state index contributed by atoms with van der Waals surface area (Å²) in [6.07, 6.45) is 0.755. The van der Waals surface area contributed by atoms with E-state index in [9.17, 15) is 4.79 Å². The zero-order valence-electron chi connectivity index (χ0n) is 11.3. The normalized spacial score (nSPS) is 18.5. The molecule has 1 aliphatic heterocycles. The van der Waals surface area contributed by atoms with Gasteiger partial charge in [0.1, 0.15) is 0 Å². The summed E-state index contributed by atoms with van der Waals surface area (Å²) in [5.74, 6) is 0.192. The third kappa shape index (κ3) is 2.89. The maximum atomic E-state index is 12.4. The van der Waals surface area contributed by atoms with Gasteiger partial charge in [-0.25, -0.2) is 0 Å². The van der Waals surface area contributed by atoms with Crippen molar-refractivity contribution >= 4 is 5.91 Å². The summed E-state index contributed by atoms with van der Waals surface area (Å²) in [5, 5.41) is 3.30. The number of rotatable bonds is 4. The van der Waals surface area contributed by atoms with Crippen LogP contribution in [0.5, 0.6) is 0 Å². The van der Waals surface area contributed by atoms with Crippen LogP contribution in [-0.4, -0.2) is 23.5 Å². The number of hydrogen-bond acceptors (Lipinski definition) is 2. The Morgan fingerprint density at radius 3 is 2.20 bits per heavy atom. The Kier molecular flexibility index (Phi) is 3.79. The van der Waals surface area contributed by atoms with Crippen LogP contribution in [0.1, 0.15) is 11.1 Å². The van der Waals surface area contributed by atoms with Crippen LogP contribution in [0.3, 0.4) is 0 Å². The molecule has 3 nitrogen and oxygen atoms in total. The van der Waals surface area contributed by atoms with Gasteiger partial charge in [-0.3, -0.25) is 10.1 Å². The Bertz CT molecular complexity index is 517. The van der Waals surface area contributed by atoms with Crippen LogP contribution >= 0.6 is 0 Å². The molecule has 0 aliphatic carbocycles. The maximum Gasteiger partial charge on any atom is 0.241 e. The van der Waals surface area contributed by atoms with Crippen molar-refractivity contribution < 1.29 is 4.79 Å². The van der Waals surface area contributed by atoms with Gasteiger partial charge in [-0.05, 0) is 17.5 Å². The molecule has 102 valence electrons. The number of carbonyl (C=O) groups excluding carboxylic acids is 1. The van der Waals surface area contributed by atoms with E-state index in [1.807, 2.05) is 41.3 Å². The molecular weight excluding hydrogens is 248 g/mol. The molecule has 2 aromatic rings. The predicted octanol–water partition coefficient (Wildman–Crippen LogP) is 2.19. The van der Waals surface area contributed by atoms with Gasteiger partial charge in [0.05, 0.1) is 12.7 Å². The van der Waals surface area contributed by atoms with Gasteiger partial charge in [0.25, 0.3) is 0 Å². The molecule has 0 spiro atoms. The minimum Gasteiger partial charge on any atom is -0.324 e. The second-order valence-electron chi connectivity index (χ2n) is 5.13. The number of carbonyl (C=O) groups is 1. The smallest absolute Gasteiger partial charge is 0.241 e. The summed E-state index contributed by atoms with van der Waals surface area (Å²) in [7, 11) is 0. The lowest BCUT2D eigenvalue weighted by Gasteiger charge is -2.15. The zero-order chi connectivity index (χ0) is 13.8. The van der Waals surface area contributed by atoms with E-state index in [1.165, 1.54) is 11.1 Å². The lowest BCUT2D eigenvalue weighted by atomic mass is 10.1. The van der Waals surface area contributed by atoms with Crippen molar-refractivity contribution in [1.29, 1.82) is 0 Å². The molecule has 0 bridgehead atoms. The van der Waals surface area contributed by atoms with Crippen molar-refractivity contribution in [3.05, 3.63) is 71.8 Å². The standard InChI is InChI=1S/C17H18N2O/c20-17-16(11-14-7-3-1-4-8-14)18-13-19(17)12-15-9-5-2-6-10-15/h1-10,16,18H,11-13H2/t16-/m0/s1. The van der Waals surface area contributed by atoms with E-state index in [1.54, 1.807) is 0 Å². The monoisotopic (exact) mass is 266 g/mol. The van der Waals surface area contributed by atoms with Crippen molar-refractivity contribution in [2.24, 2.45) is 0 Å². The van der Waals surface area contributed by atoms with E-state index < -0.39 is 0 Å². The second-order valence-corrected chi connectivity index (χ2v) is 5.13. The fourth-order valence-electron chi connectivity index (χ4n) is 2.55. The van der Waals surface area contributed by atoms with Crippen molar-refractivity contribution in [2.75, 3.05) is 6.67 Å². The van der Waals surface area contributed by atoms with Crippen LogP contribution < -0.4 is 5.32 Å². The van der Waals surface area contributed by atoms with Crippen LogP contribution in [0.4, 0.5) is 0 Å². The van der Waals surface area contributed by atoms with Gasteiger partial charge in [-0.1, -0.05) is 60.7 Å². The lowest BCUT2D eigenvalue weighted by molar-refractivity contribution is -0.129. The number of hydrogen-bond donors (Lipinski definition) is 1. The van der Waals surface area contributed by atoms with Crippen molar-refractivity contribution in [1.82, 2.24) is 10.2 Å². The maximum absolute atomic E-state index is 12.4. The number of nitrogens with one attached hydrogen (secondary N) is 1. The highest BCUT2D eigenvalue weighted by molar-refractivity contribution is 5.84. The highest BCUT2D eigenvalue weighted by atomic mass is 16.2. The first-order valence-corrected chi connectivity index (χ1v) is 6.93. The first-order chi connectivity index (χ1) is 9.83. The largest absolute Gasteiger partial charge is 0.324 e. The Morgan fingerprint density at radius 2 is 1.55 bits per heavy atom. The van der Waals surface area contributed by atoms with Gasteiger partial charge in [0.15, 0.2) is 0 Å². The summed E-state index contributed by atoms with van der Waals surface area (Å²) in [4.78, 5) is 14.3. The van der Waals surface area contributed by atoms with Crippen LogP contribution in [0.25, 0.3) is 0 Å². The minimum absolute atomic E-state index is 0.0962. The molecule has 3 heteroatoms. The summed E-state index contributed by atoms with van der Waals surface area (Å²) in [6.45, 7) is 1.31. The molecule has 0 saturated carbocycles. The lowest BCUT2D eigenvalue weighted by Crippen LogP contribution is -2.32. The van der Waals surface area contributed by atoms with Gasteiger partial charge in [0, 0.05) is 6.54 Å². The number of benzene rings is 2. The Labute approximate surface area is 119 Å². The van der Waals surface area contributed by atoms with E-state index in [2.05, 4.69) is 29.6 Å². The molecule has 1 fully saturated rings. The number of nitrogens with zero attached hydrogens (tertiary/aromatic N) is 1. The third-order valence-electron chi connectivity index (χ3n) is 3.64. The van der Waals surface area contributed by atoms with Crippen molar-refractivity contribution in [2.45, 2.75) is 19.0 Å². The quantitative estimate of drug-likeness (QED) is 0.920. The van der Waals surface area contributed by atoms with E-state index in [0.29, 0.717) is 13.2 Å². The van der Waals surface area contributed by atoms with Gasteiger partial charge in [0.2, 0.25) is 5.91 Å². The van der Waals surface area contributed by atoms with Crippen LogP contribution in [0, 0.1) is 0 Å². The first-order valence-electron chi connectivity index (χ1n) is 6.93. The molecule has 1 N–H and O–H groups in total. The van der Waals surface area contributed by atoms with E-state index in [4.69, 9.17) is 0 Å². The van der Waals surface area contributed by atoms with Gasteiger partial charge >= 0.3 is 0 Å². The molecule has 1 atom stereocenters. The average molecular weight is 266 g/mol. The topological polar surface area (TPSA) is 32.3 Å². The Hall–Kier alpha value is -2.13. The van der Waals surface area contributed by atoms with Crippen molar-refractivity contribution in [3.63, 3.8) is 0 Å². The zero-order valence-corrected chi connectivity index (χ0v) is 11.3. The fourth-order valence-corrected chi connectivity index (χ4v) is 2.55.